The van der Waals surface area contributed by atoms with E-state index in [0.29, 0.717) is 11.4 Å². The van der Waals surface area contributed by atoms with E-state index >= 15 is 0 Å². The van der Waals surface area contributed by atoms with Gasteiger partial charge in [-0.25, -0.2) is 4.79 Å². The number of hydrogen-bond acceptors (Lipinski definition) is 4. The Morgan fingerprint density at radius 3 is 2.55 bits per heavy atom. The summed E-state index contributed by atoms with van der Waals surface area (Å²) in [6.07, 6.45) is 0.927. The first-order chi connectivity index (χ1) is 9.51. The number of thiophene rings is 2. The van der Waals surface area contributed by atoms with Gasteiger partial charge < -0.3 is 10.4 Å². The topological polar surface area (TPSA) is 66.4 Å². The number of aryl methyl sites for hydroxylation is 2. The monoisotopic (exact) mass is 309 g/mol. The van der Waals surface area contributed by atoms with Crippen LogP contribution in [0.1, 0.15) is 41.6 Å². The van der Waals surface area contributed by atoms with Gasteiger partial charge in [0.2, 0.25) is 0 Å². The highest BCUT2D eigenvalue weighted by atomic mass is 32.1. The molecule has 0 aliphatic heterocycles. The van der Waals surface area contributed by atoms with Crippen molar-refractivity contribution in [2.45, 2.75) is 26.8 Å². The maximum atomic E-state index is 12.0. The fourth-order valence-electron chi connectivity index (χ4n) is 1.83. The molecule has 4 nitrogen and oxygen atoms in total. The molecule has 0 saturated carbocycles. The van der Waals surface area contributed by atoms with E-state index in [-0.39, 0.29) is 10.8 Å². The van der Waals surface area contributed by atoms with E-state index in [1.807, 2.05) is 13.0 Å². The van der Waals surface area contributed by atoms with E-state index in [9.17, 15) is 9.59 Å². The zero-order valence-electron chi connectivity index (χ0n) is 11.2. The molecule has 0 aromatic carbocycles. The lowest BCUT2D eigenvalue weighted by molar-refractivity contribution is 0.0702. The molecule has 0 saturated heterocycles. The zero-order valence-corrected chi connectivity index (χ0v) is 12.9. The summed E-state index contributed by atoms with van der Waals surface area (Å²) in [5, 5.41) is 11.7. The summed E-state index contributed by atoms with van der Waals surface area (Å²) < 4.78 is 0. The van der Waals surface area contributed by atoms with Crippen LogP contribution in [0, 0.1) is 6.92 Å². The first kappa shape index (κ1) is 14.7. The molecule has 2 heterocycles. The summed E-state index contributed by atoms with van der Waals surface area (Å²) in [7, 11) is 0. The number of nitrogens with one attached hydrogen (secondary N) is 1. The number of rotatable bonds is 5. The lowest BCUT2D eigenvalue weighted by Crippen LogP contribution is -2.21. The van der Waals surface area contributed by atoms with Crippen LogP contribution in [-0.2, 0) is 13.0 Å². The molecule has 6 heteroatoms. The molecule has 20 heavy (non-hydrogen) atoms. The summed E-state index contributed by atoms with van der Waals surface area (Å²) in [6, 6.07) is 5.18. The number of carboxylic acids is 1. The third-order valence-electron chi connectivity index (χ3n) is 2.86. The summed E-state index contributed by atoms with van der Waals surface area (Å²) >= 11 is 2.69. The fraction of sp³-hybridized carbons (Fsp3) is 0.286. The standard InChI is InChI=1S/C14H15NO3S2/c1-3-10-8(2)6-12(20-10)13(16)15-7-9-4-5-11(19-9)14(17)18/h4-6H,3,7H2,1-2H3,(H,15,16)(H,17,18). The summed E-state index contributed by atoms with van der Waals surface area (Å²) in [5.74, 6) is -1.04. The van der Waals surface area contributed by atoms with Gasteiger partial charge in [0, 0.05) is 9.75 Å². The van der Waals surface area contributed by atoms with Crippen LogP contribution in [0.5, 0.6) is 0 Å². The summed E-state index contributed by atoms with van der Waals surface area (Å²) in [6.45, 7) is 4.43. The maximum Gasteiger partial charge on any atom is 0.345 e. The van der Waals surface area contributed by atoms with Gasteiger partial charge in [0.15, 0.2) is 0 Å². The van der Waals surface area contributed by atoms with Crippen molar-refractivity contribution in [1.29, 1.82) is 0 Å². The zero-order chi connectivity index (χ0) is 14.7. The number of amides is 1. The SMILES string of the molecule is CCc1sc(C(=O)NCc2ccc(C(=O)O)s2)cc1C. The molecule has 2 N–H and O–H groups in total. The number of aromatic carboxylic acids is 1. The second kappa shape index (κ2) is 6.19. The minimum absolute atomic E-state index is 0.108. The van der Waals surface area contributed by atoms with E-state index in [2.05, 4.69) is 12.2 Å². The third-order valence-corrected chi connectivity index (χ3v) is 5.31. The Labute approximate surface area is 125 Å². The Morgan fingerprint density at radius 1 is 1.25 bits per heavy atom. The number of hydrogen-bond donors (Lipinski definition) is 2. The van der Waals surface area contributed by atoms with Crippen LogP contribution in [0.3, 0.4) is 0 Å². The molecule has 1 amide bonds. The van der Waals surface area contributed by atoms with Gasteiger partial charge in [0.25, 0.3) is 5.91 Å². The summed E-state index contributed by atoms with van der Waals surface area (Å²) in [5.41, 5.74) is 1.15. The van der Waals surface area contributed by atoms with Crippen LogP contribution in [-0.4, -0.2) is 17.0 Å². The van der Waals surface area contributed by atoms with Crippen molar-refractivity contribution in [3.63, 3.8) is 0 Å². The Morgan fingerprint density at radius 2 is 2.00 bits per heavy atom. The number of carboxylic acid groups (broad SMARTS) is 1. The molecule has 0 spiro atoms. The Hall–Kier alpha value is -1.66. The summed E-state index contributed by atoms with van der Waals surface area (Å²) in [4.78, 5) is 25.8. The van der Waals surface area contributed by atoms with Crippen molar-refractivity contribution >= 4 is 34.6 Å². The van der Waals surface area contributed by atoms with Crippen LogP contribution in [0.25, 0.3) is 0 Å². The number of carbonyl (C=O) groups excluding carboxylic acids is 1. The Bertz CT molecular complexity index is 643. The van der Waals surface area contributed by atoms with Crippen molar-refractivity contribution < 1.29 is 14.7 Å². The molecule has 0 unspecified atom stereocenters. The molecule has 0 fully saturated rings. The van der Waals surface area contributed by atoms with Crippen molar-refractivity contribution in [3.8, 4) is 0 Å². The minimum atomic E-state index is -0.936. The van der Waals surface area contributed by atoms with Crippen molar-refractivity contribution in [3.05, 3.63) is 43.3 Å². The van der Waals surface area contributed by atoms with Gasteiger partial charge in [0.1, 0.15) is 4.88 Å². The highest BCUT2D eigenvalue weighted by Gasteiger charge is 2.12. The van der Waals surface area contributed by atoms with Gasteiger partial charge in [-0.1, -0.05) is 6.92 Å². The normalized spacial score (nSPS) is 10.5. The van der Waals surface area contributed by atoms with Crippen LogP contribution in [0.15, 0.2) is 18.2 Å². The molecule has 2 rings (SSSR count). The highest BCUT2D eigenvalue weighted by Crippen LogP contribution is 2.22. The maximum absolute atomic E-state index is 12.0. The van der Waals surface area contributed by atoms with Gasteiger partial charge in [0.05, 0.1) is 11.4 Å². The molecule has 0 aliphatic rings. The van der Waals surface area contributed by atoms with Crippen molar-refractivity contribution in [2.75, 3.05) is 0 Å². The van der Waals surface area contributed by atoms with E-state index in [1.165, 1.54) is 27.6 Å². The highest BCUT2D eigenvalue weighted by molar-refractivity contribution is 7.14. The van der Waals surface area contributed by atoms with Gasteiger partial charge in [-0.3, -0.25) is 4.79 Å². The van der Waals surface area contributed by atoms with Gasteiger partial charge in [-0.15, -0.1) is 22.7 Å². The quantitative estimate of drug-likeness (QED) is 0.890. The first-order valence-corrected chi connectivity index (χ1v) is 7.84. The van der Waals surface area contributed by atoms with Crippen LogP contribution < -0.4 is 5.32 Å². The largest absolute Gasteiger partial charge is 0.477 e. The van der Waals surface area contributed by atoms with E-state index in [1.54, 1.807) is 12.1 Å². The lowest BCUT2D eigenvalue weighted by Gasteiger charge is -2.00. The third kappa shape index (κ3) is 3.26. The smallest absolute Gasteiger partial charge is 0.345 e. The van der Waals surface area contributed by atoms with E-state index in [0.717, 1.165) is 16.9 Å². The Balaban J connectivity index is 1.98. The van der Waals surface area contributed by atoms with Crippen LogP contribution >= 0.6 is 22.7 Å². The lowest BCUT2D eigenvalue weighted by atomic mass is 10.2. The predicted octanol–water partition coefficient (Wildman–Crippen LogP) is 3.31. The fourth-order valence-corrected chi connectivity index (χ4v) is 3.64. The minimum Gasteiger partial charge on any atom is -0.477 e. The van der Waals surface area contributed by atoms with Crippen molar-refractivity contribution in [2.24, 2.45) is 0 Å². The molecule has 0 bridgehead atoms. The first-order valence-electron chi connectivity index (χ1n) is 6.20. The molecule has 0 aliphatic carbocycles. The predicted molar refractivity (Wildman–Crippen MR) is 80.9 cm³/mol. The van der Waals surface area contributed by atoms with Crippen LogP contribution in [0.2, 0.25) is 0 Å². The molecule has 2 aromatic rings. The van der Waals surface area contributed by atoms with Gasteiger partial charge >= 0.3 is 5.97 Å². The number of carbonyl (C=O) groups is 2. The molecule has 2 aromatic heterocycles. The molecule has 0 atom stereocenters. The van der Waals surface area contributed by atoms with E-state index < -0.39 is 5.97 Å². The molecular weight excluding hydrogens is 294 g/mol. The Kier molecular flexibility index (Phi) is 4.57. The van der Waals surface area contributed by atoms with Gasteiger partial charge in [-0.2, -0.15) is 0 Å². The van der Waals surface area contributed by atoms with E-state index in [4.69, 9.17) is 5.11 Å². The average molecular weight is 309 g/mol. The molecule has 0 radical (unpaired) electrons. The van der Waals surface area contributed by atoms with Gasteiger partial charge in [-0.05, 0) is 37.1 Å². The molecular formula is C14H15NO3S2. The second-order valence-electron chi connectivity index (χ2n) is 4.32. The van der Waals surface area contributed by atoms with Crippen LogP contribution in [0.4, 0.5) is 0 Å². The van der Waals surface area contributed by atoms with Crippen molar-refractivity contribution in [1.82, 2.24) is 5.32 Å². The second-order valence-corrected chi connectivity index (χ2v) is 6.63. The average Bonchev–Trinajstić information content (AvgIpc) is 3.02. The molecule has 106 valence electrons.